The number of nitrogens with zero attached hydrogens (tertiary/aromatic N) is 1. The van der Waals surface area contributed by atoms with Crippen LogP contribution >= 0.6 is 0 Å². The maximum atomic E-state index is 2.57. The van der Waals surface area contributed by atoms with Crippen molar-refractivity contribution < 1.29 is 0 Å². The second-order valence-corrected chi connectivity index (χ2v) is 5.98. The van der Waals surface area contributed by atoms with Gasteiger partial charge < -0.3 is 4.90 Å². The summed E-state index contributed by atoms with van der Waals surface area (Å²) >= 11 is 0. The van der Waals surface area contributed by atoms with Crippen LogP contribution in [0.25, 0.3) is 0 Å². The summed E-state index contributed by atoms with van der Waals surface area (Å²) in [5, 5.41) is 0. The fourth-order valence-electron chi connectivity index (χ4n) is 1.54. The topological polar surface area (TPSA) is 3.24 Å². The fraction of sp³-hybridized carbons (Fsp3) is 1.00. The standard InChI is InChI=1S/C12H27N/c1-10(2)8-13(11(3)4)9-12(5,6)7/h10-11H,8-9H2,1-7H3. The molecule has 0 fully saturated rings. The lowest BCUT2D eigenvalue weighted by molar-refractivity contribution is 0.139. The van der Waals surface area contributed by atoms with Gasteiger partial charge in [0.2, 0.25) is 0 Å². The molecule has 0 aromatic carbocycles. The van der Waals surface area contributed by atoms with E-state index in [1.165, 1.54) is 13.1 Å². The summed E-state index contributed by atoms with van der Waals surface area (Å²) in [6.07, 6.45) is 0. The zero-order chi connectivity index (χ0) is 10.6. The molecule has 0 aliphatic rings. The van der Waals surface area contributed by atoms with Gasteiger partial charge in [-0.3, -0.25) is 0 Å². The average Bonchev–Trinajstić information content (AvgIpc) is 1.81. The molecular weight excluding hydrogens is 158 g/mol. The monoisotopic (exact) mass is 185 g/mol. The molecular formula is C12H27N. The second-order valence-electron chi connectivity index (χ2n) is 5.98. The number of hydrogen-bond donors (Lipinski definition) is 0. The molecule has 0 aliphatic carbocycles. The van der Waals surface area contributed by atoms with Crippen LogP contribution < -0.4 is 0 Å². The molecule has 0 atom stereocenters. The zero-order valence-corrected chi connectivity index (χ0v) is 10.5. The molecule has 0 spiro atoms. The molecule has 0 aromatic rings. The van der Waals surface area contributed by atoms with Crippen molar-refractivity contribution in [2.24, 2.45) is 11.3 Å². The summed E-state index contributed by atoms with van der Waals surface area (Å²) < 4.78 is 0. The van der Waals surface area contributed by atoms with Gasteiger partial charge in [0.05, 0.1) is 0 Å². The van der Waals surface area contributed by atoms with Gasteiger partial charge in [-0.25, -0.2) is 0 Å². The largest absolute Gasteiger partial charge is 0.300 e. The molecule has 0 amide bonds. The lowest BCUT2D eigenvalue weighted by Crippen LogP contribution is -2.40. The van der Waals surface area contributed by atoms with Gasteiger partial charge in [0.25, 0.3) is 0 Å². The summed E-state index contributed by atoms with van der Waals surface area (Å²) in [5.41, 5.74) is 0.416. The van der Waals surface area contributed by atoms with E-state index in [0.29, 0.717) is 11.5 Å². The van der Waals surface area contributed by atoms with E-state index in [0.717, 1.165) is 5.92 Å². The van der Waals surface area contributed by atoms with Crippen LogP contribution in [-0.2, 0) is 0 Å². The van der Waals surface area contributed by atoms with Crippen molar-refractivity contribution in [3.8, 4) is 0 Å². The van der Waals surface area contributed by atoms with Crippen LogP contribution in [0, 0.1) is 11.3 Å². The van der Waals surface area contributed by atoms with Gasteiger partial charge >= 0.3 is 0 Å². The first-order valence-electron chi connectivity index (χ1n) is 5.46. The summed E-state index contributed by atoms with van der Waals surface area (Å²) in [6, 6.07) is 0.668. The predicted octanol–water partition coefficient (Wildman–Crippen LogP) is 3.40. The normalized spacial score (nSPS) is 13.4. The minimum atomic E-state index is 0.416. The van der Waals surface area contributed by atoms with Crippen molar-refractivity contribution in [3.05, 3.63) is 0 Å². The molecule has 0 aromatic heterocycles. The number of rotatable bonds is 4. The van der Waals surface area contributed by atoms with Crippen molar-refractivity contribution in [3.63, 3.8) is 0 Å². The first kappa shape index (κ1) is 13.0. The Kier molecular flexibility index (Phi) is 4.98. The summed E-state index contributed by atoms with van der Waals surface area (Å²) in [4.78, 5) is 2.57. The van der Waals surface area contributed by atoms with Crippen LogP contribution in [0.1, 0.15) is 48.5 Å². The highest BCUT2D eigenvalue weighted by molar-refractivity contribution is 4.72. The Balaban J connectivity index is 4.11. The van der Waals surface area contributed by atoms with E-state index in [-0.39, 0.29) is 0 Å². The average molecular weight is 185 g/mol. The van der Waals surface area contributed by atoms with Gasteiger partial charge in [-0.15, -0.1) is 0 Å². The lowest BCUT2D eigenvalue weighted by atomic mass is 9.95. The molecule has 0 heterocycles. The third-order valence-electron chi connectivity index (χ3n) is 2.01. The first-order chi connectivity index (χ1) is 5.72. The first-order valence-corrected chi connectivity index (χ1v) is 5.46. The van der Waals surface area contributed by atoms with Crippen LogP contribution in [0.15, 0.2) is 0 Å². The third kappa shape index (κ3) is 7.06. The lowest BCUT2D eigenvalue weighted by Gasteiger charge is -2.34. The van der Waals surface area contributed by atoms with Crippen LogP contribution in [-0.4, -0.2) is 24.0 Å². The predicted molar refractivity (Wildman–Crippen MR) is 61.0 cm³/mol. The SMILES string of the molecule is CC(C)CN(CC(C)(C)C)C(C)C. The molecule has 0 bridgehead atoms. The van der Waals surface area contributed by atoms with Crippen LogP contribution in [0.5, 0.6) is 0 Å². The third-order valence-corrected chi connectivity index (χ3v) is 2.01. The summed E-state index contributed by atoms with van der Waals surface area (Å²) in [5.74, 6) is 0.768. The van der Waals surface area contributed by atoms with E-state index in [2.05, 4.69) is 53.4 Å². The Bertz CT molecular complexity index is 131. The summed E-state index contributed by atoms with van der Waals surface area (Å²) in [7, 11) is 0. The quantitative estimate of drug-likeness (QED) is 0.649. The Morgan fingerprint density at radius 2 is 1.46 bits per heavy atom. The van der Waals surface area contributed by atoms with Gasteiger partial charge in [-0.1, -0.05) is 34.6 Å². The molecule has 0 unspecified atom stereocenters. The second kappa shape index (κ2) is 4.99. The van der Waals surface area contributed by atoms with E-state index in [4.69, 9.17) is 0 Å². The van der Waals surface area contributed by atoms with Gasteiger partial charge in [-0.2, -0.15) is 0 Å². The Labute approximate surface area is 84.5 Å². The maximum Gasteiger partial charge on any atom is 0.00389 e. The molecule has 0 radical (unpaired) electrons. The van der Waals surface area contributed by atoms with Gasteiger partial charge in [0.15, 0.2) is 0 Å². The van der Waals surface area contributed by atoms with Crippen LogP contribution in [0.3, 0.4) is 0 Å². The Morgan fingerprint density at radius 1 is 1.00 bits per heavy atom. The Morgan fingerprint density at radius 3 is 1.69 bits per heavy atom. The molecule has 0 aliphatic heterocycles. The van der Waals surface area contributed by atoms with E-state index in [1.54, 1.807) is 0 Å². The van der Waals surface area contributed by atoms with E-state index in [1.807, 2.05) is 0 Å². The number of hydrogen-bond acceptors (Lipinski definition) is 1. The molecule has 1 nitrogen and oxygen atoms in total. The van der Waals surface area contributed by atoms with Crippen LogP contribution in [0.2, 0.25) is 0 Å². The molecule has 0 N–H and O–H groups in total. The van der Waals surface area contributed by atoms with E-state index in [9.17, 15) is 0 Å². The van der Waals surface area contributed by atoms with Crippen molar-refractivity contribution in [1.29, 1.82) is 0 Å². The van der Waals surface area contributed by atoms with Gasteiger partial charge in [-0.05, 0) is 25.2 Å². The molecule has 13 heavy (non-hydrogen) atoms. The smallest absolute Gasteiger partial charge is 0.00389 e. The zero-order valence-electron chi connectivity index (χ0n) is 10.5. The highest BCUT2D eigenvalue weighted by Gasteiger charge is 2.18. The molecule has 1 heteroatoms. The molecule has 80 valence electrons. The summed E-state index contributed by atoms with van der Waals surface area (Å²) in [6.45, 7) is 18.5. The van der Waals surface area contributed by atoms with E-state index < -0.39 is 0 Å². The minimum absolute atomic E-state index is 0.416. The van der Waals surface area contributed by atoms with E-state index >= 15 is 0 Å². The van der Waals surface area contributed by atoms with Crippen LogP contribution in [0.4, 0.5) is 0 Å². The molecule has 0 saturated carbocycles. The maximum absolute atomic E-state index is 2.57. The highest BCUT2D eigenvalue weighted by atomic mass is 15.1. The minimum Gasteiger partial charge on any atom is -0.300 e. The van der Waals surface area contributed by atoms with Crippen molar-refractivity contribution in [2.45, 2.75) is 54.5 Å². The fourth-order valence-corrected chi connectivity index (χ4v) is 1.54. The molecule has 0 rings (SSSR count). The van der Waals surface area contributed by atoms with Gasteiger partial charge in [0, 0.05) is 19.1 Å². The Hall–Kier alpha value is -0.0400. The van der Waals surface area contributed by atoms with Crippen molar-refractivity contribution in [2.75, 3.05) is 13.1 Å². The highest BCUT2D eigenvalue weighted by Crippen LogP contribution is 2.17. The van der Waals surface area contributed by atoms with Gasteiger partial charge in [0.1, 0.15) is 0 Å². The van der Waals surface area contributed by atoms with Crippen molar-refractivity contribution >= 4 is 0 Å². The molecule has 0 saturated heterocycles. The van der Waals surface area contributed by atoms with Crippen molar-refractivity contribution in [1.82, 2.24) is 4.90 Å².